The number of fused-ring (bicyclic) bond motifs is 2. The third-order valence-electron chi connectivity index (χ3n) is 4.44. The lowest BCUT2D eigenvalue weighted by atomic mass is 9.61. The third-order valence-corrected chi connectivity index (χ3v) is 4.44. The molecule has 0 spiro atoms. The van der Waals surface area contributed by atoms with Crippen molar-refractivity contribution in [1.29, 1.82) is 0 Å². The minimum Gasteiger partial charge on any atom is -0.393 e. The molecule has 1 N–H and O–H groups in total. The number of carbonyl (C=O) groups excluding carboxylic acids is 1. The zero-order valence-electron chi connectivity index (χ0n) is 10.5. The van der Waals surface area contributed by atoms with E-state index in [-0.39, 0.29) is 22.9 Å². The summed E-state index contributed by atoms with van der Waals surface area (Å²) in [5, 5.41) is 9.87. The first-order chi connectivity index (χ1) is 7.36. The predicted molar refractivity (Wildman–Crippen MR) is 61.1 cm³/mol. The van der Waals surface area contributed by atoms with Crippen molar-refractivity contribution in [3.8, 4) is 0 Å². The summed E-state index contributed by atoms with van der Waals surface area (Å²) >= 11 is 0. The Morgan fingerprint density at radius 3 is 2.69 bits per heavy atom. The maximum Gasteiger partial charge on any atom is 0.129 e. The second-order valence-electron chi connectivity index (χ2n) is 6.11. The molecule has 2 fully saturated rings. The van der Waals surface area contributed by atoms with Crippen LogP contribution in [-0.2, 0) is 9.53 Å². The molecule has 0 aromatic carbocycles. The molecule has 1 aliphatic heterocycles. The lowest BCUT2D eigenvalue weighted by molar-refractivity contribution is -0.118. The zero-order valence-corrected chi connectivity index (χ0v) is 10.5. The Morgan fingerprint density at radius 2 is 2.12 bits per heavy atom. The number of aliphatic hydroxyl groups is 1. The second-order valence-corrected chi connectivity index (χ2v) is 6.11. The number of hydrogen-bond donors (Lipinski definition) is 1. The first-order valence-corrected chi connectivity index (χ1v) is 6.17. The molecule has 2 bridgehead atoms. The Morgan fingerprint density at radius 1 is 1.44 bits per heavy atom. The highest BCUT2D eigenvalue weighted by atomic mass is 16.5. The van der Waals surface area contributed by atoms with Gasteiger partial charge in [-0.1, -0.05) is 6.92 Å². The van der Waals surface area contributed by atoms with Crippen LogP contribution in [0.5, 0.6) is 0 Å². The van der Waals surface area contributed by atoms with E-state index in [1.807, 2.05) is 0 Å². The van der Waals surface area contributed by atoms with Crippen molar-refractivity contribution in [1.82, 2.24) is 0 Å². The fraction of sp³-hybridized carbons (Fsp3) is 0.923. The Kier molecular flexibility index (Phi) is 2.87. The number of carbonyl (C=O) groups is 1. The highest BCUT2D eigenvalue weighted by molar-refractivity contribution is 5.75. The lowest BCUT2D eigenvalue weighted by Crippen LogP contribution is -2.46. The molecule has 4 atom stereocenters. The molecule has 0 amide bonds. The van der Waals surface area contributed by atoms with Gasteiger partial charge in [0, 0.05) is 12.8 Å². The largest absolute Gasteiger partial charge is 0.393 e. The number of rotatable bonds is 3. The molecular weight excluding hydrogens is 204 g/mol. The third kappa shape index (κ3) is 1.91. The van der Waals surface area contributed by atoms with E-state index in [2.05, 4.69) is 13.8 Å². The summed E-state index contributed by atoms with van der Waals surface area (Å²) in [4.78, 5) is 11.1. The molecule has 0 unspecified atom stereocenters. The van der Waals surface area contributed by atoms with Crippen LogP contribution in [0.1, 0.15) is 46.5 Å². The summed E-state index contributed by atoms with van der Waals surface area (Å²) in [6, 6.07) is 0. The SMILES string of the molecule is CC(=O)CC[C@@H]1[C@@]2(C)CO[C@]1(C)C[C@H](O)C2. The minimum absolute atomic E-state index is 0.0574. The van der Waals surface area contributed by atoms with Gasteiger partial charge in [-0.25, -0.2) is 0 Å². The van der Waals surface area contributed by atoms with Crippen molar-refractivity contribution in [2.75, 3.05) is 6.61 Å². The van der Waals surface area contributed by atoms with Gasteiger partial charge in [-0.2, -0.15) is 0 Å². The summed E-state index contributed by atoms with van der Waals surface area (Å²) < 4.78 is 5.91. The van der Waals surface area contributed by atoms with Crippen LogP contribution < -0.4 is 0 Å². The number of ether oxygens (including phenoxy) is 1. The molecule has 3 heteroatoms. The van der Waals surface area contributed by atoms with E-state index in [9.17, 15) is 9.90 Å². The van der Waals surface area contributed by atoms with Crippen molar-refractivity contribution < 1.29 is 14.6 Å². The van der Waals surface area contributed by atoms with Crippen LogP contribution in [0.4, 0.5) is 0 Å². The van der Waals surface area contributed by atoms with Crippen LogP contribution >= 0.6 is 0 Å². The van der Waals surface area contributed by atoms with Gasteiger partial charge in [-0.3, -0.25) is 0 Å². The quantitative estimate of drug-likeness (QED) is 0.799. The Bertz CT molecular complexity index is 282. The molecule has 2 rings (SSSR count). The standard InChI is InChI=1S/C13H22O3/c1-9(14)4-5-11-12(2)6-10(15)7-13(11,3)16-8-12/h10-11,15H,4-8H2,1-3H3/t10-,11-,12-,13-/m1/s1. The molecule has 0 radical (unpaired) electrons. The van der Waals surface area contributed by atoms with E-state index in [4.69, 9.17) is 4.74 Å². The number of Topliss-reactive ketones (excluding diaryl/α,β-unsaturated/α-hetero) is 1. The van der Waals surface area contributed by atoms with E-state index in [0.29, 0.717) is 18.8 Å². The molecule has 16 heavy (non-hydrogen) atoms. The molecule has 2 aliphatic rings. The Hall–Kier alpha value is -0.410. The molecule has 1 saturated heterocycles. The summed E-state index contributed by atoms with van der Waals surface area (Å²) in [6.45, 7) is 6.64. The maximum atomic E-state index is 11.1. The van der Waals surface area contributed by atoms with E-state index < -0.39 is 0 Å². The summed E-state index contributed by atoms with van der Waals surface area (Å²) in [7, 11) is 0. The first-order valence-electron chi connectivity index (χ1n) is 6.17. The monoisotopic (exact) mass is 226 g/mol. The van der Waals surface area contributed by atoms with Crippen molar-refractivity contribution in [2.45, 2.75) is 58.2 Å². The number of ketones is 1. The fourth-order valence-electron chi connectivity index (χ4n) is 3.75. The average molecular weight is 226 g/mol. The van der Waals surface area contributed by atoms with Gasteiger partial charge >= 0.3 is 0 Å². The minimum atomic E-state index is -0.244. The number of aliphatic hydroxyl groups excluding tert-OH is 1. The van der Waals surface area contributed by atoms with E-state index >= 15 is 0 Å². The van der Waals surface area contributed by atoms with Gasteiger partial charge in [0.25, 0.3) is 0 Å². The highest BCUT2D eigenvalue weighted by Crippen LogP contribution is 2.55. The molecule has 92 valence electrons. The van der Waals surface area contributed by atoms with Crippen molar-refractivity contribution >= 4 is 5.78 Å². The zero-order chi connectivity index (χ0) is 12.0. The predicted octanol–water partition coefficient (Wildman–Crippen LogP) is 1.92. The number of hydrogen-bond acceptors (Lipinski definition) is 3. The van der Waals surface area contributed by atoms with Crippen LogP contribution in [0.2, 0.25) is 0 Å². The van der Waals surface area contributed by atoms with Crippen LogP contribution in [-0.4, -0.2) is 29.2 Å². The maximum absolute atomic E-state index is 11.1. The normalized spacial score (nSPS) is 47.0. The topological polar surface area (TPSA) is 46.5 Å². The van der Waals surface area contributed by atoms with Gasteiger partial charge in [0.2, 0.25) is 0 Å². The summed E-state index contributed by atoms with van der Waals surface area (Å²) in [5.41, 5.74) is -0.163. The van der Waals surface area contributed by atoms with Crippen LogP contribution in [0.15, 0.2) is 0 Å². The summed E-state index contributed by atoms with van der Waals surface area (Å²) in [6.07, 6.45) is 2.81. The van der Waals surface area contributed by atoms with Gasteiger partial charge in [-0.15, -0.1) is 0 Å². The molecule has 0 aromatic heterocycles. The lowest BCUT2D eigenvalue weighted by Gasteiger charge is -2.44. The smallest absolute Gasteiger partial charge is 0.129 e. The van der Waals surface area contributed by atoms with Crippen LogP contribution in [0.25, 0.3) is 0 Å². The highest BCUT2D eigenvalue weighted by Gasteiger charge is 2.57. The van der Waals surface area contributed by atoms with Gasteiger partial charge in [0.1, 0.15) is 5.78 Å². The second kappa shape index (κ2) is 3.81. The van der Waals surface area contributed by atoms with Gasteiger partial charge in [0.05, 0.1) is 18.3 Å². The van der Waals surface area contributed by atoms with Gasteiger partial charge < -0.3 is 14.6 Å². The summed E-state index contributed by atoms with van der Waals surface area (Å²) in [5.74, 6) is 0.657. The molecule has 1 saturated carbocycles. The van der Waals surface area contributed by atoms with Crippen LogP contribution in [0.3, 0.4) is 0 Å². The molecule has 1 aliphatic carbocycles. The van der Waals surface area contributed by atoms with Crippen molar-refractivity contribution in [3.05, 3.63) is 0 Å². The van der Waals surface area contributed by atoms with E-state index in [0.717, 1.165) is 19.4 Å². The van der Waals surface area contributed by atoms with Crippen molar-refractivity contribution in [2.24, 2.45) is 11.3 Å². The van der Waals surface area contributed by atoms with Gasteiger partial charge in [0.15, 0.2) is 0 Å². The Balaban J connectivity index is 2.14. The van der Waals surface area contributed by atoms with Gasteiger partial charge in [-0.05, 0) is 38.0 Å². The fourth-order valence-corrected chi connectivity index (χ4v) is 3.75. The molecule has 0 aromatic rings. The molecular formula is C13H22O3. The van der Waals surface area contributed by atoms with Crippen molar-refractivity contribution in [3.63, 3.8) is 0 Å². The average Bonchev–Trinajstić information content (AvgIpc) is 2.27. The Labute approximate surface area is 97.2 Å². The van der Waals surface area contributed by atoms with E-state index in [1.165, 1.54) is 0 Å². The molecule has 1 heterocycles. The van der Waals surface area contributed by atoms with E-state index in [1.54, 1.807) is 6.92 Å². The first kappa shape index (κ1) is 12.1. The molecule has 3 nitrogen and oxygen atoms in total. The van der Waals surface area contributed by atoms with Crippen LogP contribution in [0, 0.1) is 11.3 Å².